The lowest BCUT2D eigenvalue weighted by Gasteiger charge is -2.24. The van der Waals surface area contributed by atoms with E-state index in [1.165, 1.54) is 6.26 Å². The van der Waals surface area contributed by atoms with E-state index in [2.05, 4.69) is 15.2 Å². The molecule has 24 heavy (non-hydrogen) atoms. The molecule has 6 nitrogen and oxygen atoms in total. The van der Waals surface area contributed by atoms with Crippen molar-refractivity contribution in [3.8, 4) is 0 Å². The van der Waals surface area contributed by atoms with Crippen LogP contribution in [-0.2, 0) is 21.1 Å². The third kappa shape index (κ3) is 6.21. The molecular formula is C16H26IN3O3S. The predicted molar refractivity (Wildman–Crippen MR) is 107 cm³/mol. The molecule has 8 heteroatoms. The van der Waals surface area contributed by atoms with E-state index in [0.717, 1.165) is 37.7 Å². The van der Waals surface area contributed by atoms with Crippen LogP contribution in [0.1, 0.15) is 12.0 Å². The Morgan fingerprint density at radius 2 is 2.04 bits per heavy atom. The maximum Gasteiger partial charge on any atom is 0.193 e. The molecule has 1 aromatic rings. The van der Waals surface area contributed by atoms with Crippen LogP contribution < -0.4 is 5.32 Å². The molecule has 1 fully saturated rings. The molecule has 0 aliphatic carbocycles. The first-order valence-electron chi connectivity index (χ1n) is 7.68. The van der Waals surface area contributed by atoms with E-state index in [9.17, 15) is 8.42 Å². The Labute approximate surface area is 161 Å². The molecule has 1 aliphatic rings. The van der Waals surface area contributed by atoms with Gasteiger partial charge in [-0.2, -0.15) is 0 Å². The normalized spacial score (nSPS) is 18.1. The smallest absolute Gasteiger partial charge is 0.193 e. The maximum atomic E-state index is 11.5. The molecule has 1 aliphatic heterocycles. The van der Waals surface area contributed by atoms with Gasteiger partial charge in [0.25, 0.3) is 0 Å². The molecule has 0 saturated carbocycles. The van der Waals surface area contributed by atoms with E-state index in [1.54, 1.807) is 19.2 Å². The summed E-state index contributed by atoms with van der Waals surface area (Å²) < 4.78 is 28.3. The lowest BCUT2D eigenvalue weighted by molar-refractivity contribution is 0.181. The molecule has 136 valence electrons. The Hall–Kier alpha value is -0.870. The fourth-order valence-corrected chi connectivity index (χ4v) is 3.25. The highest BCUT2D eigenvalue weighted by molar-refractivity contribution is 14.0. The Kier molecular flexibility index (Phi) is 8.44. The highest BCUT2D eigenvalue weighted by atomic mass is 127. The largest absolute Gasteiger partial charge is 0.381 e. The average molecular weight is 467 g/mol. The van der Waals surface area contributed by atoms with Crippen LogP contribution in [0.3, 0.4) is 0 Å². The van der Waals surface area contributed by atoms with Gasteiger partial charge in [0, 0.05) is 46.0 Å². The van der Waals surface area contributed by atoms with Crippen LogP contribution >= 0.6 is 24.0 Å². The average Bonchev–Trinajstić information content (AvgIpc) is 3.00. The van der Waals surface area contributed by atoms with E-state index in [4.69, 9.17) is 4.74 Å². The number of ether oxygens (including phenoxy) is 1. The Morgan fingerprint density at radius 3 is 2.54 bits per heavy atom. The van der Waals surface area contributed by atoms with Crippen molar-refractivity contribution in [2.75, 3.05) is 40.1 Å². The van der Waals surface area contributed by atoms with Crippen molar-refractivity contribution in [2.24, 2.45) is 10.9 Å². The third-order valence-corrected chi connectivity index (χ3v) is 5.06. The van der Waals surface area contributed by atoms with Crippen molar-refractivity contribution < 1.29 is 13.2 Å². The van der Waals surface area contributed by atoms with Crippen LogP contribution in [0, 0.1) is 5.92 Å². The van der Waals surface area contributed by atoms with E-state index < -0.39 is 9.84 Å². The van der Waals surface area contributed by atoms with Crippen molar-refractivity contribution in [3.63, 3.8) is 0 Å². The highest BCUT2D eigenvalue weighted by Gasteiger charge is 2.19. The van der Waals surface area contributed by atoms with Crippen molar-refractivity contribution >= 4 is 39.8 Å². The minimum Gasteiger partial charge on any atom is -0.381 e. The SMILES string of the molecule is CN=C(NCc1ccc(S(C)(=O)=O)cc1)N(C)CC1CCOC1.I. The van der Waals surface area contributed by atoms with Crippen LogP contribution in [0.25, 0.3) is 0 Å². The second kappa shape index (κ2) is 9.57. The monoisotopic (exact) mass is 467 g/mol. The number of hydrogen-bond donors (Lipinski definition) is 1. The maximum absolute atomic E-state index is 11.5. The first-order valence-corrected chi connectivity index (χ1v) is 9.58. The van der Waals surface area contributed by atoms with E-state index in [1.807, 2.05) is 19.2 Å². The number of hydrogen-bond acceptors (Lipinski definition) is 4. The fourth-order valence-electron chi connectivity index (χ4n) is 2.62. The van der Waals surface area contributed by atoms with Crippen LogP contribution in [0.2, 0.25) is 0 Å². The van der Waals surface area contributed by atoms with Gasteiger partial charge in [0.2, 0.25) is 0 Å². The molecule has 1 saturated heterocycles. The van der Waals surface area contributed by atoms with Crippen LogP contribution in [0.15, 0.2) is 34.2 Å². The van der Waals surface area contributed by atoms with Gasteiger partial charge in [0.1, 0.15) is 0 Å². The van der Waals surface area contributed by atoms with Gasteiger partial charge in [0.05, 0.1) is 11.5 Å². The quantitative estimate of drug-likeness (QED) is 0.406. The van der Waals surface area contributed by atoms with E-state index in [-0.39, 0.29) is 24.0 Å². The van der Waals surface area contributed by atoms with Crippen LogP contribution in [-0.4, -0.2) is 59.4 Å². The number of sulfone groups is 1. The van der Waals surface area contributed by atoms with Crippen molar-refractivity contribution in [1.82, 2.24) is 10.2 Å². The summed E-state index contributed by atoms with van der Waals surface area (Å²) in [4.78, 5) is 6.74. The van der Waals surface area contributed by atoms with Gasteiger partial charge >= 0.3 is 0 Å². The summed E-state index contributed by atoms with van der Waals surface area (Å²) in [7, 11) is 0.628. The molecule has 1 aromatic carbocycles. The van der Waals surface area contributed by atoms with Gasteiger partial charge in [-0.05, 0) is 24.1 Å². The summed E-state index contributed by atoms with van der Waals surface area (Å²) in [6, 6.07) is 6.91. The first kappa shape index (κ1) is 21.2. The number of nitrogens with zero attached hydrogens (tertiary/aromatic N) is 2. The Bertz CT molecular complexity index is 641. The van der Waals surface area contributed by atoms with Gasteiger partial charge in [0.15, 0.2) is 15.8 Å². The second-order valence-corrected chi connectivity index (χ2v) is 7.94. The third-order valence-electron chi connectivity index (χ3n) is 3.93. The number of nitrogens with one attached hydrogen (secondary N) is 1. The van der Waals surface area contributed by atoms with E-state index in [0.29, 0.717) is 17.4 Å². The summed E-state index contributed by atoms with van der Waals surface area (Å²) in [5, 5.41) is 3.30. The molecule has 0 amide bonds. The lowest BCUT2D eigenvalue weighted by Crippen LogP contribution is -2.41. The summed E-state index contributed by atoms with van der Waals surface area (Å²) >= 11 is 0. The number of benzene rings is 1. The van der Waals surface area contributed by atoms with Gasteiger partial charge in [-0.1, -0.05) is 12.1 Å². The van der Waals surface area contributed by atoms with Crippen LogP contribution in [0.5, 0.6) is 0 Å². The minimum absolute atomic E-state index is 0. The van der Waals surface area contributed by atoms with Gasteiger partial charge in [-0.3, -0.25) is 4.99 Å². The lowest BCUT2D eigenvalue weighted by atomic mass is 10.1. The summed E-state index contributed by atoms with van der Waals surface area (Å²) in [5.74, 6) is 1.37. The topological polar surface area (TPSA) is 71.0 Å². The molecule has 2 rings (SSSR count). The van der Waals surface area contributed by atoms with Gasteiger partial charge in [-0.25, -0.2) is 8.42 Å². The number of aliphatic imine (C=N–C) groups is 1. The Morgan fingerprint density at radius 1 is 1.38 bits per heavy atom. The molecule has 1 N–H and O–H groups in total. The Balaban J connectivity index is 0.00000288. The molecule has 0 radical (unpaired) electrons. The highest BCUT2D eigenvalue weighted by Crippen LogP contribution is 2.13. The molecule has 1 atom stereocenters. The minimum atomic E-state index is -3.15. The molecular weight excluding hydrogens is 441 g/mol. The van der Waals surface area contributed by atoms with Gasteiger partial charge in [-0.15, -0.1) is 24.0 Å². The molecule has 0 bridgehead atoms. The second-order valence-electron chi connectivity index (χ2n) is 5.93. The van der Waals surface area contributed by atoms with Crippen molar-refractivity contribution in [1.29, 1.82) is 0 Å². The molecule has 1 unspecified atom stereocenters. The molecule has 1 heterocycles. The summed E-state index contributed by atoms with van der Waals surface area (Å²) in [6.07, 6.45) is 2.30. The first-order chi connectivity index (χ1) is 10.9. The van der Waals surface area contributed by atoms with Crippen molar-refractivity contribution in [3.05, 3.63) is 29.8 Å². The summed E-state index contributed by atoms with van der Waals surface area (Å²) in [6.45, 7) is 3.17. The zero-order valence-corrected chi connectivity index (χ0v) is 17.5. The molecule has 0 spiro atoms. The number of guanidine groups is 1. The number of halogens is 1. The zero-order chi connectivity index (χ0) is 16.9. The standard InChI is InChI=1S/C16H25N3O3S.HI/c1-17-16(19(2)11-14-8-9-22-12-14)18-10-13-4-6-15(7-5-13)23(3,20)21;/h4-7,14H,8-12H2,1-3H3,(H,17,18);1H. The molecule has 0 aromatic heterocycles. The zero-order valence-electron chi connectivity index (χ0n) is 14.4. The number of rotatable bonds is 5. The van der Waals surface area contributed by atoms with E-state index >= 15 is 0 Å². The fraction of sp³-hybridized carbons (Fsp3) is 0.562. The predicted octanol–water partition coefficient (Wildman–Crippen LogP) is 1.75. The van der Waals surface area contributed by atoms with Gasteiger partial charge < -0.3 is 15.0 Å². The van der Waals surface area contributed by atoms with Crippen LogP contribution in [0.4, 0.5) is 0 Å². The van der Waals surface area contributed by atoms with Crippen molar-refractivity contribution in [2.45, 2.75) is 17.9 Å². The summed E-state index contributed by atoms with van der Waals surface area (Å²) in [5.41, 5.74) is 1.01.